The summed E-state index contributed by atoms with van der Waals surface area (Å²) in [5.74, 6) is 0.318. The molecule has 0 amide bonds. The van der Waals surface area contributed by atoms with Crippen molar-refractivity contribution in [3.63, 3.8) is 0 Å². The Labute approximate surface area is 145 Å². The Balaban J connectivity index is 1.72. The fourth-order valence-corrected chi connectivity index (χ4v) is 2.11. The molecule has 7 heteroatoms. The molecule has 25 heavy (non-hydrogen) atoms. The maximum Gasteiger partial charge on any atom is 0.323 e. The Morgan fingerprint density at radius 2 is 1.72 bits per heavy atom. The molecule has 0 bridgehead atoms. The van der Waals surface area contributed by atoms with Gasteiger partial charge in [0.15, 0.2) is 11.5 Å². The van der Waals surface area contributed by atoms with Crippen molar-refractivity contribution in [3.8, 4) is 23.0 Å². The van der Waals surface area contributed by atoms with Crippen LogP contribution in [0.2, 0.25) is 0 Å². The van der Waals surface area contributed by atoms with E-state index < -0.39 is 12.0 Å². The lowest BCUT2D eigenvalue weighted by Crippen LogP contribution is -2.35. The van der Waals surface area contributed by atoms with Crippen molar-refractivity contribution in [1.82, 2.24) is 0 Å². The topological polar surface area (TPSA) is 111 Å². The van der Waals surface area contributed by atoms with Crippen LogP contribution in [0.3, 0.4) is 0 Å². The Bertz CT molecular complexity index is 701. The number of nitrogens with two attached hydrogens (primary N) is 1. The average molecular weight is 347 g/mol. The van der Waals surface area contributed by atoms with E-state index >= 15 is 0 Å². The maximum atomic E-state index is 11.9. The van der Waals surface area contributed by atoms with Crippen LogP contribution in [-0.2, 0) is 16.0 Å². The molecule has 134 valence electrons. The standard InChI is InChI=1S/C18H21NO6/c1-23-13-3-5-14(6-4-13)24-8-9-25-18(22)15(19)10-12-2-7-16(20)17(21)11-12/h2-7,11,15,20-21H,8-10,19H2,1H3/t15-/m0/s1. The summed E-state index contributed by atoms with van der Waals surface area (Å²) in [6.07, 6.45) is 0.187. The van der Waals surface area contributed by atoms with Gasteiger partial charge in [-0.15, -0.1) is 0 Å². The number of phenolic OH excluding ortho intramolecular Hbond substituents is 2. The van der Waals surface area contributed by atoms with Crippen molar-refractivity contribution in [2.75, 3.05) is 20.3 Å². The molecule has 2 aromatic carbocycles. The number of esters is 1. The van der Waals surface area contributed by atoms with Gasteiger partial charge in [-0.25, -0.2) is 0 Å². The van der Waals surface area contributed by atoms with Crippen molar-refractivity contribution in [2.45, 2.75) is 12.5 Å². The zero-order valence-electron chi connectivity index (χ0n) is 13.8. The molecular weight excluding hydrogens is 326 g/mol. The highest BCUT2D eigenvalue weighted by atomic mass is 16.6. The minimum atomic E-state index is -0.870. The first-order chi connectivity index (χ1) is 12.0. The molecule has 1 atom stereocenters. The van der Waals surface area contributed by atoms with Crippen molar-refractivity contribution in [2.24, 2.45) is 5.73 Å². The van der Waals surface area contributed by atoms with Crippen LogP contribution in [0.25, 0.3) is 0 Å². The van der Waals surface area contributed by atoms with E-state index in [0.29, 0.717) is 11.3 Å². The number of benzene rings is 2. The molecule has 0 aromatic heterocycles. The second-order valence-corrected chi connectivity index (χ2v) is 5.33. The highest BCUT2D eigenvalue weighted by Crippen LogP contribution is 2.25. The molecule has 0 unspecified atom stereocenters. The largest absolute Gasteiger partial charge is 0.504 e. The van der Waals surface area contributed by atoms with Crippen molar-refractivity contribution < 1.29 is 29.2 Å². The first-order valence-corrected chi connectivity index (χ1v) is 7.69. The summed E-state index contributed by atoms with van der Waals surface area (Å²) in [4.78, 5) is 11.9. The van der Waals surface area contributed by atoms with E-state index in [0.717, 1.165) is 5.75 Å². The predicted octanol–water partition coefficient (Wildman–Crippen LogP) is 1.60. The van der Waals surface area contributed by atoms with E-state index in [1.165, 1.54) is 12.1 Å². The van der Waals surface area contributed by atoms with Gasteiger partial charge < -0.3 is 30.2 Å². The van der Waals surface area contributed by atoms with Gasteiger partial charge in [0.2, 0.25) is 0 Å². The second-order valence-electron chi connectivity index (χ2n) is 5.33. The summed E-state index contributed by atoms with van der Waals surface area (Å²) in [5.41, 5.74) is 6.41. The van der Waals surface area contributed by atoms with Gasteiger partial charge >= 0.3 is 5.97 Å². The van der Waals surface area contributed by atoms with Gasteiger partial charge in [0, 0.05) is 0 Å². The second kappa shape index (κ2) is 8.79. The molecule has 0 heterocycles. The normalized spacial score (nSPS) is 11.6. The Hall–Kier alpha value is -2.93. The summed E-state index contributed by atoms with van der Waals surface area (Å²) in [6, 6.07) is 10.4. The van der Waals surface area contributed by atoms with Crippen LogP contribution in [0.5, 0.6) is 23.0 Å². The van der Waals surface area contributed by atoms with Gasteiger partial charge in [-0.05, 0) is 48.4 Å². The number of hydrogen-bond donors (Lipinski definition) is 3. The van der Waals surface area contributed by atoms with Gasteiger partial charge in [0.05, 0.1) is 7.11 Å². The summed E-state index contributed by atoms with van der Waals surface area (Å²) in [6.45, 7) is 0.268. The lowest BCUT2D eigenvalue weighted by atomic mass is 10.1. The Kier molecular flexibility index (Phi) is 6.47. The van der Waals surface area contributed by atoms with Crippen LogP contribution in [0.4, 0.5) is 0 Å². The first kappa shape index (κ1) is 18.4. The van der Waals surface area contributed by atoms with E-state index in [-0.39, 0.29) is 31.1 Å². The highest BCUT2D eigenvalue weighted by molar-refractivity contribution is 5.75. The molecular formula is C18H21NO6. The molecule has 0 radical (unpaired) electrons. The first-order valence-electron chi connectivity index (χ1n) is 7.69. The summed E-state index contributed by atoms with van der Waals surface area (Å²) >= 11 is 0. The number of carbonyl (C=O) groups excluding carboxylic acids is 1. The maximum absolute atomic E-state index is 11.9. The van der Waals surface area contributed by atoms with Crippen LogP contribution in [-0.4, -0.2) is 42.5 Å². The van der Waals surface area contributed by atoms with Crippen molar-refractivity contribution in [3.05, 3.63) is 48.0 Å². The van der Waals surface area contributed by atoms with Crippen LogP contribution in [0, 0.1) is 0 Å². The van der Waals surface area contributed by atoms with Crippen LogP contribution in [0.15, 0.2) is 42.5 Å². The Morgan fingerprint density at radius 3 is 2.36 bits per heavy atom. The number of rotatable bonds is 8. The molecule has 2 aromatic rings. The van der Waals surface area contributed by atoms with Crippen molar-refractivity contribution in [1.29, 1.82) is 0 Å². The molecule has 7 nitrogen and oxygen atoms in total. The van der Waals surface area contributed by atoms with Gasteiger partial charge in [-0.1, -0.05) is 6.07 Å². The number of aromatic hydroxyl groups is 2. The number of ether oxygens (including phenoxy) is 3. The van der Waals surface area contributed by atoms with E-state index in [9.17, 15) is 15.0 Å². The zero-order valence-corrected chi connectivity index (χ0v) is 13.8. The fraction of sp³-hybridized carbons (Fsp3) is 0.278. The van der Waals surface area contributed by atoms with Crippen LogP contribution in [0.1, 0.15) is 5.56 Å². The molecule has 0 spiro atoms. The van der Waals surface area contributed by atoms with Crippen LogP contribution < -0.4 is 15.2 Å². The quantitative estimate of drug-likeness (QED) is 0.378. The van der Waals surface area contributed by atoms with E-state index in [1.807, 2.05) is 0 Å². The SMILES string of the molecule is COc1ccc(OCCOC(=O)[C@@H](N)Cc2ccc(O)c(O)c2)cc1. The smallest absolute Gasteiger partial charge is 0.323 e. The number of phenols is 2. The van der Waals surface area contributed by atoms with Gasteiger partial charge in [0.25, 0.3) is 0 Å². The van der Waals surface area contributed by atoms with E-state index in [1.54, 1.807) is 37.4 Å². The minimum Gasteiger partial charge on any atom is -0.504 e. The summed E-state index contributed by atoms with van der Waals surface area (Å²) in [7, 11) is 1.58. The summed E-state index contributed by atoms with van der Waals surface area (Å²) in [5, 5.41) is 18.7. The molecule has 0 aliphatic heterocycles. The monoisotopic (exact) mass is 347 g/mol. The molecule has 0 fully saturated rings. The molecule has 0 saturated heterocycles. The number of hydrogen-bond acceptors (Lipinski definition) is 7. The van der Waals surface area contributed by atoms with Crippen LogP contribution >= 0.6 is 0 Å². The lowest BCUT2D eigenvalue weighted by molar-refractivity contribution is -0.145. The molecule has 2 rings (SSSR count). The van der Waals surface area contributed by atoms with Crippen molar-refractivity contribution >= 4 is 5.97 Å². The van der Waals surface area contributed by atoms with E-state index in [4.69, 9.17) is 19.9 Å². The average Bonchev–Trinajstić information content (AvgIpc) is 2.62. The van der Waals surface area contributed by atoms with E-state index in [2.05, 4.69) is 0 Å². The van der Waals surface area contributed by atoms with Gasteiger partial charge in [0.1, 0.15) is 30.8 Å². The number of carbonyl (C=O) groups is 1. The lowest BCUT2D eigenvalue weighted by Gasteiger charge is -2.12. The van der Waals surface area contributed by atoms with Gasteiger partial charge in [-0.3, -0.25) is 4.79 Å². The molecule has 4 N–H and O–H groups in total. The van der Waals surface area contributed by atoms with Gasteiger partial charge in [-0.2, -0.15) is 0 Å². The third kappa shape index (κ3) is 5.58. The minimum absolute atomic E-state index is 0.0688. The summed E-state index contributed by atoms with van der Waals surface area (Å²) < 4.78 is 15.6. The predicted molar refractivity (Wildman–Crippen MR) is 90.9 cm³/mol. The zero-order chi connectivity index (χ0) is 18.2. The number of methoxy groups -OCH3 is 1. The third-order valence-corrected chi connectivity index (χ3v) is 3.45. The fourth-order valence-electron chi connectivity index (χ4n) is 2.11. The molecule has 0 aliphatic rings. The molecule has 0 saturated carbocycles. The third-order valence-electron chi connectivity index (χ3n) is 3.45. The Morgan fingerprint density at radius 1 is 1.04 bits per heavy atom. The molecule has 0 aliphatic carbocycles. The highest BCUT2D eigenvalue weighted by Gasteiger charge is 2.16.